The van der Waals surface area contributed by atoms with Gasteiger partial charge in [-0.2, -0.15) is 0 Å². The van der Waals surface area contributed by atoms with Crippen molar-refractivity contribution in [2.75, 3.05) is 6.61 Å². The number of carboxylic acid groups (broad SMARTS) is 1. The summed E-state index contributed by atoms with van der Waals surface area (Å²) in [6, 6.07) is 3.57. The van der Waals surface area contributed by atoms with E-state index in [1.807, 2.05) is 6.92 Å². The van der Waals surface area contributed by atoms with Gasteiger partial charge in [-0.1, -0.05) is 0 Å². The first-order chi connectivity index (χ1) is 9.13. The van der Waals surface area contributed by atoms with Crippen LogP contribution < -0.4 is 10.4 Å². The normalized spacial score (nSPS) is 9.37. The van der Waals surface area contributed by atoms with Crippen LogP contribution in [0.5, 0.6) is 5.88 Å². The molecule has 8 heteroatoms. The third-order valence-corrected chi connectivity index (χ3v) is 2.08. The Labute approximate surface area is 108 Å². The molecule has 0 aliphatic carbocycles. The van der Waals surface area contributed by atoms with Crippen LogP contribution in [-0.4, -0.2) is 37.9 Å². The summed E-state index contributed by atoms with van der Waals surface area (Å²) >= 11 is 0. The lowest BCUT2D eigenvalue weighted by Gasteiger charge is -2.05. The number of aromatic amines is 1. The number of nitrogens with one attached hydrogen (secondary N) is 1. The van der Waals surface area contributed by atoms with Crippen LogP contribution in [0, 0.1) is 0 Å². The van der Waals surface area contributed by atoms with E-state index in [0.717, 1.165) is 0 Å². The Morgan fingerprint density at radius 1 is 1.58 bits per heavy atom. The van der Waals surface area contributed by atoms with Crippen LogP contribution in [0.25, 0.3) is 11.4 Å². The SMILES string of the molecule is CCOc1ncccc1-c1nn(C)c(=O)[nH]1.O=CO. The number of hydrogen-bond acceptors (Lipinski definition) is 5. The minimum Gasteiger partial charge on any atom is -0.483 e. The van der Waals surface area contributed by atoms with Crippen molar-refractivity contribution in [1.29, 1.82) is 0 Å². The molecular formula is C11H14N4O4. The number of pyridine rings is 1. The molecule has 2 heterocycles. The third-order valence-electron chi connectivity index (χ3n) is 2.08. The molecule has 0 aliphatic rings. The average molecular weight is 266 g/mol. The highest BCUT2D eigenvalue weighted by Gasteiger charge is 2.11. The molecule has 8 nitrogen and oxygen atoms in total. The fraction of sp³-hybridized carbons (Fsp3) is 0.273. The number of aryl methyl sites for hydroxylation is 1. The predicted molar refractivity (Wildman–Crippen MR) is 66.9 cm³/mol. The lowest BCUT2D eigenvalue weighted by Crippen LogP contribution is -2.13. The molecule has 0 radical (unpaired) electrons. The van der Waals surface area contributed by atoms with E-state index in [0.29, 0.717) is 23.9 Å². The maximum absolute atomic E-state index is 11.3. The molecule has 2 aromatic heterocycles. The molecule has 0 aliphatic heterocycles. The van der Waals surface area contributed by atoms with Crippen molar-refractivity contribution < 1.29 is 14.6 Å². The summed E-state index contributed by atoms with van der Waals surface area (Å²) in [6.07, 6.45) is 1.63. The van der Waals surface area contributed by atoms with E-state index in [4.69, 9.17) is 14.6 Å². The standard InChI is InChI=1S/C10H12N4O2.CH2O2/c1-3-16-9-7(5-4-6-11-9)8-12-10(15)14(2)13-8;2-1-3/h4-6H,3H2,1-2H3,(H,12,13,15);1H,(H,2,3). The molecule has 2 rings (SSSR count). The molecule has 19 heavy (non-hydrogen) atoms. The Morgan fingerprint density at radius 2 is 2.26 bits per heavy atom. The van der Waals surface area contributed by atoms with Gasteiger partial charge in [0, 0.05) is 13.2 Å². The number of aromatic nitrogens is 4. The number of nitrogens with zero attached hydrogens (tertiary/aromatic N) is 3. The van der Waals surface area contributed by atoms with Crippen LogP contribution in [0.2, 0.25) is 0 Å². The molecular weight excluding hydrogens is 252 g/mol. The largest absolute Gasteiger partial charge is 0.483 e. The van der Waals surface area contributed by atoms with Gasteiger partial charge in [0.25, 0.3) is 6.47 Å². The Kier molecular flexibility index (Phi) is 5.27. The summed E-state index contributed by atoms with van der Waals surface area (Å²) in [5.41, 5.74) is 0.420. The summed E-state index contributed by atoms with van der Waals surface area (Å²) in [7, 11) is 1.58. The summed E-state index contributed by atoms with van der Waals surface area (Å²) in [6.45, 7) is 2.14. The molecule has 2 N–H and O–H groups in total. The molecule has 102 valence electrons. The van der Waals surface area contributed by atoms with Crippen molar-refractivity contribution in [2.24, 2.45) is 7.05 Å². The Morgan fingerprint density at radius 3 is 2.79 bits per heavy atom. The van der Waals surface area contributed by atoms with Crippen LogP contribution >= 0.6 is 0 Å². The minimum absolute atomic E-state index is 0.250. The molecule has 0 fully saturated rings. The van der Waals surface area contributed by atoms with Crippen LogP contribution in [0.15, 0.2) is 23.1 Å². The highest BCUT2D eigenvalue weighted by atomic mass is 16.5. The Bertz CT molecular complexity index is 590. The summed E-state index contributed by atoms with van der Waals surface area (Å²) in [4.78, 5) is 26.4. The second kappa shape index (κ2) is 6.94. The number of H-pyrrole nitrogens is 1. The predicted octanol–water partition coefficient (Wildman–Crippen LogP) is 0.270. The average Bonchev–Trinajstić information content (AvgIpc) is 2.71. The van der Waals surface area contributed by atoms with Crippen LogP contribution in [0.3, 0.4) is 0 Å². The highest BCUT2D eigenvalue weighted by molar-refractivity contribution is 5.60. The molecule has 0 unspecified atom stereocenters. The number of hydrogen-bond donors (Lipinski definition) is 2. The first-order valence-electron chi connectivity index (χ1n) is 5.43. The Balaban J connectivity index is 0.000000550. The quantitative estimate of drug-likeness (QED) is 0.771. The third kappa shape index (κ3) is 3.66. The fourth-order valence-electron chi connectivity index (χ4n) is 1.35. The minimum atomic E-state index is -0.263. The maximum Gasteiger partial charge on any atom is 0.343 e. The molecule has 2 aromatic rings. The van der Waals surface area contributed by atoms with E-state index in [-0.39, 0.29) is 12.2 Å². The highest BCUT2D eigenvalue weighted by Crippen LogP contribution is 2.23. The number of ether oxygens (including phenoxy) is 1. The first-order valence-corrected chi connectivity index (χ1v) is 5.43. The summed E-state index contributed by atoms with van der Waals surface area (Å²) < 4.78 is 6.59. The Hall–Kier alpha value is -2.64. The lowest BCUT2D eigenvalue weighted by atomic mass is 10.2. The zero-order chi connectivity index (χ0) is 14.3. The summed E-state index contributed by atoms with van der Waals surface area (Å²) in [5, 5.41) is 10.9. The topological polar surface area (TPSA) is 110 Å². The van der Waals surface area contributed by atoms with E-state index >= 15 is 0 Å². The molecule has 0 amide bonds. The van der Waals surface area contributed by atoms with Crippen molar-refractivity contribution in [3.05, 3.63) is 28.8 Å². The van der Waals surface area contributed by atoms with Crippen molar-refractivity contribution in [1.82, 2.24) is 19.7 Å². The molecule has 0 saturated carbocycles. The van der Waals surface area contributed by atoms with Crippen molar-refractivity contribution in [3.63, 3.8) is 0 Å². The monoisotopic (exact) mass is 266 g/mol. The van der Waals surface area contributed by atoms with Gasteiger partial charge in [-0.05, 0) is 19.1 Å². The van der Waals surface area contributed by atoms with Crippen molar-refractivity contribution in [3.8, 4) is 17.3 Å². The molecule has 0 atom stereocenters. The zero-order valence-electron chi connectivity index (χ0n) is 10.5. The number of carbonyl (C=O) groups is 1. The van der Waals surface area contributed by atoms with E-state index < -0.39 is 0 Å². The molecule has 0 bridgehead atoms. The van der Waals surface area contributed by atoms with Gasteiger partial charge in [0.15, 0.2) is 5.82 Å². The van der Waals surface area contributed by atoms with E-state index in [1.165, 1.54) is 4.68 Å². The van der Waals surface area contributed by atoms with E-state index in [9.17, 15) is 4.79 Å². The molecule has 0 saturated heterocycles. The summed E-state index contributed by atoms with van der Waals surface area (Å²) in [5.74, 6) is 0.934. The van der Waals surface area contributed by atoms with E-state index in [2.05, 4.69) is 15.1 Å². The van der Waals surface area contributed by atoms with Gasteiger partial charge in [0.2, 0.25) is 5.88 Å². The smallest absolute Gasteiger partial charge is 0.343 e. The molecule has 0 aromatic carbocycles. The van der Waals surface area contributed by atoms with Gasteiger partial charge in [-0.3, -0.25) is 9.78 Å². The maximum atomic E-state index is 11.3. The fourth-order valence-corrected chi connectivity index (χ4v) is 1.35. The first kappa shape index (κ1) is 14.4. The second-order valence-electron chi connectivity index (χ2n) is 3.30. The van der Waals surface area contributed by atoms with Crippen LogP contribution in [-0.2, 0) is 11.8 Å². The van der Waals surface area contributed by atoms with Gasteiger partial charge in [-0.15, -0.1) is 5.10 Å². The molecule has 0 spiro atoms. The van der Waals surface area contributed by atoms with Crippen molar-refractivity contribution >= 4 is 6.47 Å². The van der Waals surface area contributed by atoms with Gasteiger partial charge >= 0.3 is 5.69 Å². The lowest BCUT2D eigenvalue weighted by molar-refractivity contribution is -0.122. The van der Waals surface area contributed by atoms with Crippen LogP contribution in [0.1, 0.15) is 6.92 Å². The zero-order valence-corrected chi connectivity index (χ0v) is 10.5. The number of rotatable bonds is 3. The van der Waals surface area contributed by atoms with Gasteiger partial charge in [0.1, 0.15) is 0 Å². The van der Waals surface area contributed by atoms with Gasteiger partial charge in [-0.25, -0.2) is 14.5 Å². The van der Waals surface area contributed by atoms with Gasteiger partial charge in [0.05, 0.1) is 12.2 Å². The van der Waals surface area contributed by atoms with Crippen molar-refractivity contribution in [2.45, 2.75) is 6.92 Å². The van der Waals surface area contributed by atoms with E-state index in [1.54, 1.807) is 25.4 Å². The van der Waals surface area contributed by atoms with Gasteiger partial charge < -0.3 is 9.84 Å². The second-order valence-corrected chi connectivity index (χ2v) is 3.30. The van der Waals surface area contributed by atoms with Crippen LogP contribution in [0.4, 0.5) is 0 Å².